The van der Waals surface area contributed by atoms with Crippen molar-refractivity contribution in [3.05, 3.63) is 33.8 Å². The molecule has 1 aliphatic rings. The average Bonchev–Trinajstić information content (AvgIpc) is 2.34. The summed E-state index contributed by atoms with van der Waals surface area (Å²) in [7, 11) is 0. The number of rotatable bonds is 3. The van der Waals surface area contributed by atoms with Gasteiger partial charge in [-0.15, -0.1) is 0 Å². The summed E-state index contributed by atoms with van der Waals surface area (Å²) in [6.45, 7) is 2.11. The van der Waals surface area contributed by atoms with Crippen LogP contribution < -0.4 is 10.1 Å². The maximum absolute atomic E-state index is 11.8. The molecule has 0 bridgehead atoms. The van der Waals surface area contributed by atoms with Gasteiger partial charge in [0.2, 0.25) is 0 Å². The normalized spacial score (nSPS) is 15.2. The lowest BCUT2D eigenvalue weighted by Crippen LogP contribution is -2.33. The van der Waals surface area contributed by atoms with E-state index >= 15 is 0 Å². The number of fused-ring (bicyclic) bond motifs is 1. The predicted octanol–water partition coefficient (Wildman–Crippen LogP) is 1.72. The van der Waals surface area contributed by atoms with Crippen LogP contribution in [0.3, 0.4) is 0 Å². The van der Waals surface area contributed by atoms with E-state index in [1.807, 2.05) is 18.2 Å². The number of hydrogen-bond donors (Lipinski definition) is 2. The topological polar surface area (TPSA) is 58.6 Å². The fourth-order valence-corrected chi connectivity index (χ4v) is 2.01. The molecule has 1 aromatic carbocycles. The third-order valence-electron chi connectivity index (χ3n) is 2.53. The standard InChI is InChI=1S/C13H14BrNO3/c1-8(16)6-15-13(17)10-4-9-5-11(14)2-3-12(9)18-7-10/h2-5,8,16H,6-7H2,1H3,(H,15,17)/t8-/m0/s1. The minimum Gasteiger partial charge on any atom is -0.488 e. The summed E-state index contributed by atoms with van der Waals surface area (Å²) in [6, 6.07) is 5.65. The van der Waals surface area contributed by atoms with Crippen LogP contribution in [0, 0.1) is 0 Å². The van der Waals surface area contributed by atoms with Gasteiger partial charge in [-0.2, -0.15) is 0 Å². The molecule has 0 saturated heterocycles. The summed E-state index contributed by atoms with van der Waals surface area (Å²) in [5.74, 6) is 0.562. The molecule has 0 aromatic heterocycles. The molecule has 0 radical (unpaired) electrons. The van der Waals surface area contributed by atoms with E-state index in [1.54, 1.807) is 13.0 Å². The van der Waals surface area contributed by atoms with Gasteiger partial charge in [-0.3, -0.25) is 4.79 Å². The summed E-state index contributed by atoms with van der Waals surface area (Å²) in [6.07, 6.45) is 1.25. The number of ether oxygens (including phenoxy) is 1. The van der Waals surface area contributed by atoms with Crippen LogP contribution in [-0.4, -0.2) is 30.3 Å². The fraction of sp³-hybridized carbons (Fsp3) is 0.308. The lowest BCUT2D eigenvalue weighted by Gasteiger charge is -2.18. The number of amides is 1. The Morgan fingerprint density at radius 3 is 3.11 bits per heavy atom. The summed E-state index contributed by atoms with van der Waals surface area (Å²) in [5.41, 5.74) is 1.43. The third-order valence-corrected chi connectivity index (χ3v) is 3.03. The summed E-state index contributed by atoms with van der Waals surface area (Å²) >= 11 is 3.38. The van der Waals surface area contributed by atoms with Crippen molar-refractivity contribution >= 4 is 27.9 Å². The summed E-state index contributed by atoms with van der Waals surface area (Å²) < 4.78 is 6.44. The Hall–Kier alpha value is -1.33. The molecule has 0 saturated carbocycles. The SMILES string of the molecule is C[C@H](O)CNC(=O)C1=Cc2cc(Br)ccc2OC1. The van der Waals surface area contributed by atoms with Crippen LogP contribution >= 0.6 is 15.9 Å². The molecule has 2 rings (SSSR count). The van der Waals surface area contributed by atoms with Gasteiger partial charge >= 0.3 is 0 Å². The zero-order valence-corrected chi connectivity index (χ0v) is 11.5. The number of hydrogen-bond acceptors (Lipinski definition) is 3. The minimum absolute atomic E-state index is 0.207. The highest BCUT2D eigenvalue weighted by Crippen LogP contribution is 2.29. The molecule has 1 atom stereocenters. The lowest BCUT2D eigenvalue weighted by molar-refractivity contribution is -0.118. The Balaban J connectivity index is 2.14. The molecule has 1 heterocycles. The number of aliphatic hydroxyl groups is 1. The molecule has 1 amide bonds. The molecule has 96 valence electrons. The van der Waals surface area contributed by atoms with Crippen molar-refractivity contribution in [1.82, 2.24) is 5.32 Å². The Kier molecular flexibility index (Phi) is 4.04. The highest BCUT2D eigenvalue weighted by Gasteiger charge is 2.17. The first-order valence-electron chi connectivity index (χ1n) is 5.65. The van der Waals surface area contributed by atoms with E-state index in [-0.39, 0.29) is 19.1 Å². The van der Waals surface area contributed by atoms with Crippen molar-refractivity contribution in [1.29, 1.82) is 0 Å². The molecule has 18 heavy (non-hydrogen) atoms. The molecule has 2 N–H and O–H groups in total. The van der Waals surface area contributed by atoms with Gasteiger partial charge in [-0.05, 0) is 31.2 Å². The van der Waals surface area contributed by atoms with Crippen molar-refractivity contribution in [2.75, 3.05) is 13.2 Å². The van der Waals surface area contributed by atoms with Crippen molar-refractivity contribution in [3.8, 4) is 5.75 Å². The smallest absolute Gasteiger partial charge is 0.250 e. The number of nitrogens with one attached hydrogen (secondary N) is 1. The van der Waals surface area contributed by atoms with E-state index in [0.29, 0.717) is 5.57 Å². The Labute approximate surface area is 114 Å². The van der Waals surface area contributed by atoms with Gasteiger partial charge in [0.25, 0.3) is 5.91 Å². The van der Waals surface area contributed by atoms with E-state index < -0.39 is 6.10 Å². The van der Waals surface area contributed by atoms with Gasteiger partial charge in [0.1, 0.15) is 12.4 Å². The Bertz CT molecular complexity index is 497. The molecule has 5 heteroatoms. The number of aliphatic hydroxyl groups excluding tert-OH is 1. The molecule has 1 aliphatic heterocycles. The molecule has 0 aliphatic carbocycles. The quantitative estimate of drug-likeness (QED) is 0.893. The minimum atomic E-state index is -0.555. The van der Waals surface area contributed by atoms with Gasteiger partial charge < -0.3 is 15.2 Å². The van der Waals surface area contributed by atoms with Gasteiger partial charge in [-0.1, -0.05) is 15.9 Å². The third kappa shape index (κ3) is 3.11. The summed E-state index contributed by atoms with van der Waals surface area (Å²) in [4.78, 5) is 11.8. The number of benzene rings is 1. The number of carbonyl (C=O) groups is 1. The lowest BCUT2D eigenvalue weighted by atomic mass is 10.1. The van der Waals surface area contributed by atoms with Crippen LogP contribution in [0.2, 0.25) is 0 Å². The molecule has 0 fully saturated rings. The first-order valence-corrected chi connectivity index (χ1v) is 6.45. The van der Waals surface area contributed by atoms with Crippen LogP contribution in [0.15, 0.2) is 28.2 Å². The van der Waals surface area contributed by atoms with Gasteiger partial charge in [-0.25, -0.2) is 0 Å². The van der Waals surface area contributed by atoms with Crippen LogP contribution in [0.5, 0.6) is 5.75 Å². The van der Waals surface area contributed by atoms with E-state index in [1.165, 1.54) is 0 Å². The van der Waals surface area contributed by atoms with E-state index in [4.69, 9.17) is 9.84 Å². The van der Waals surface area contributed by atoms with Crippen LogP contribution in [0.25, 0.3) is 6.08 Å². The molecular formula is C13H14BrNO3. The van der Waals surface area contributed by atoms with E-state index in [0.717, 1.165) is 15.8 Å². The van der Waals surface area contributed by atoms with Crippen molar-refractivity contribution < 1.29 is 14.6 Å². The predicted molar refractivity (Wildman–Crippen MR) is 72.3 cm³/mol. The second-order valence-corrected chi connectivity index (χ2v) is 5.12. The largest absolute Gasteiger partial charge is 0.488 e. The average molecular weight is 312 g/mol. The van der Waals surface area contributed by atoms with Gasteiger partial charge in [0.15, 0.2) is 0 Å². The van der Waals surface area contributed by atoms with E-state index in [9.17, 15) is 4.79 Å². The van der Waals surface area contributed by atoms with Crippen molar-refractivity contribution in [2.45, 2.75) is 13.0 Å². The monoisotopic (exact) mass is 311 g/mol. The molecule has 4 nitrogen and oxygen atoms in total. The molecular weight excluding hydrogens is 298 g/mol. The molecule has 0 spiro atoms. The van der Waals surface area contributed by atoms with Crippen LogP contribution in [0.4, 0.5) is 0 Å². The van der Waals surface area contributed by atoms with Crippen molar-refractivity contribution in [2.24, 2.45) is 0 Å². The second-order valence-electron chi connectivity index (χ2n) is 4.20. The Morgan fingerprint density at radius 2 is 2.39 bits per heavy atom. The maximum Gasteiger partial charge on any atom is 0.250 e. The van der Waals surface area contributed by atoms with Gasteiger partial charge in [0.05, 0.1) is 11.7 Å². The molecule has 1 aromatic rings. The first-order chi connectivity index (χ1) is 8.56. The van der Waals surface area contributed by atoms with Crippen LogP contribution in [-0.2, 0) is 4.79 Å². The van der Waals surface area contributed by atoms with Gasteiger partial charge in [0, 0.05) is 16.6 Å². The zero-order chi connectivity index (χ0) is 13.1. The van der Waals surface area contributed by atoms with Crippen molar-refractivity contribution in [3.63, 3.8) is 0 Å². The fourth-order valence-electron chi connectivity index (χ4n) is 1.63. The number of halogens is 1. The van der Waals surface area contributed by atoms with Crippen LogP contribution in [0.1, 0.15) is 12.5 Å². The summed E-state index contributed by atoms with van der Waals surface area (Å²) in [5, 5.41) is 11.8. The zero-order valence-electron chi connectivity index (χ0n) is 9.94. The van der Waals surface area contributed by atoms with E-state index in [2.05, 4.69) is 21.2 Å². The molecule has 0 unspecified atom stereocenters. The highest BCUT2D eigenvalue weighted by atomic mass is 79.9. The number of carbonyl (C=O) groups excluding carboxylic acids is 1. The first kappa shape index (κ1) is 13.1. The Morgan fingerprint density at radius 1 is 1.61 bits per heavy atom. The maximum atomic E-state index is 11.8. The highest BCUT2D eigenvalue weighted by molar-refractivity contribution is 9.10. The second kappa shape index (κ2) is 5.54.